The van der Waals surface area contributed by atoms with Gasteiger partial charge in [0.15, 0.2) is 0 Å². The van der Waals surface area contributed by atoms with Gasteiger partial charge in [0.1, 0.15) is 0 Å². The molecule has 1 aliphatic rings. The molecule has 134 valence electrons. The van der Waals surface area contributed by atoms with Gasteiger partial charge in [0.25, 0.3) is 5.91 Å². The lowest BCUT2D eigenvalue weighted by molar-refractivity contribution is -0.121. The van der Waals surface area contributed by atoms with E-state index in [-0.39, 0.29) is 23.9 Å². The first-order chi connectivity index (χ1) is 12.1. The predicted molar refractivity (Wildman–Crippen MR) is 96.0 cm³/mol. The summed E-state index contributed by atoms with van der Waals surface area (Å²) in [5, 5.41) is 11.3. The molecule has 25 heavy (non-hydrogen) atoms. The van der Waals surface area contributed by atoms with Gasteiger partial charge in [0.2, 0.25) is 5.91 Å². The molecule has 7 heteroatoms. The Bertz CT molecular complexity index is 762. The molecule has 1 aliphatic carbocycles. The molecule has 2 amide bonds. The third kappa shape index (κ3) is 4.17. The minimum atomic E-state index is -0.0567. The molecule has 4 N–H and O–H groups in total. The van der Waals surface area contributed by atoms with Crippen molar-refractivity contribution in [1.29, 1.82) is 0 Å². The highest BCUT2D eigenvalue weighted by molar-refractivity contribution is 5.98. The highest BCUT2D eigenvalue weighted by atomic mass is 16.2. The lowest BCUT2D eigenvalue weighted by Gasteiger charge is -2.29. The quantitative estimate of drug-likeness (QED) is 0.756. The van der Waals surface area contributed by atoms with Crippen molar-refractivity contribution in [2.24, 2.45) is 12.8 Å². The van der Waals surface area contributed by atoms with Crippen LogP contribution in [0.1, 0.15) is 42.5 Å². The molecule has 1 saturated carbocycles. The number of carbonyl (C=O) groups excluding carboxylic acids is 2. The Kier molecular flexibility index (Phi) is 5.33. The van der Waals surface area contributed by atoms with E-state index < -0.39 is 0 Å². The molecule has 0 radical (unpaired) electrons. The number of nitrogens with two attached hydrogens (primary N) is 1. The standard InChI is InChI=1S/C18H25N5O2/c1-23-16-10-12(2-3-13(16)11-20-23)18(25)22-15-6-4-14(5-7-15)21-17(24)8-9-19/h2-3,10-11,14-15H,4-9,19H2,1H3,(H,21,24)(H,22,25)/t14-,15-. The zero-order chi connectivity index (χ0) is 17.8. The van der Waals surface area contributed by atoms with Gasteiger partial charge in [-0.1, -0.05) is 6.07 Å². The molecule has 1 aromatic carbocycles. The van der Waals surface area contributed by atoms with Crippen LogP contribution >= 0.6 is 0 Å². The lowest BCUT2D eigenvalue weighted by Crippen LogP contribution is -2.44. The van der Waals surface area contributed by atoms with Gasteiger partial charge in [0, 0.05) is 43.0 Å². The van der Waals surface area contributed by atoms with Gasteiger partial charge in [0.05, 0.1) is 11.7 Å². The number of benzene rings is 1. The summed E-state index contributed by atoms with van der Waals surface area (Å²) in [5.41, 5.74) is 6.98. The zero-order valence-corrected chi connectivity index (χ0v) is 14.5. The Morgan fingerprint density at radius 1 is 1.20 bits per heavy atom. The number of nitrogens with zero attached hydrogens (tertiary/aromatic N) is 2. The fraction of sp³-hybridized carbons (Fsp3) is 0.500. The summed E-state index contributed by atoms with van der Waals surface area (Å²) in [7, 11) is 1.87. The average molecular weight is 343 g/mol. The minimum Gasteiger partial charge on any atom is -0.353 e. The molecule has 0 unspecified atom stereocenters. The smallest absolute Gasteiger partial charge is 0.251 e. The van der Waals surface area contributed by atoms with Crippen molar-refractivity contribution in [2.45, 2.75) is 44.2 Å². The maximum Gasteiger partial charge on any atom is 0.251 e. The Morgan fingerprint density at radius 2 is 1.88 bits per heavy atom. The second kappa shape index (κ2) is 7.65. The number of rotatable bonds is 5. The number of aryl methyl sites for hydroxylation is 1. The molecule has 1 heterocycles. The normalized spacial score (nSPS) is 20.4. The van der Waals surface area contributed by atoms with Crippen molar-refractivity contribution < 1.29 is 9.59 Å². The van der Waals surface area contributed by atoms with Crippen LogP contribution in [0.3, 0.4) is 0 Å². The predicted octanol–water partition coefficient (Wildman–Crippen LogP) is 1.08. The van der Waals surface area contributed by atoms with Crippen LogP contribution in [0.2, 0.25) is 0 Å². The molecule has 1 fully saturated rings. The van der Waals surface area contributed by atoms with Crippen LogP contribution in [0.25, 0.3) is 10.9 Å². The number of carbonyl (C=O) groups is 2. The Hall–Kier alpha value is -2.41. The summed E-state index contributed by atoms with van der Waals surface area (Å²) in [5.74, 6) is -0.0433. The van der Waals surface area contributed by atoms with Gasteiger partial charge in [-0.25, -0.2) is 0 Å². The van der Waals surface area contributed by atoms with E-state index in [2.05, 4.69) is 15.7 Å². The van der Waals surface area contributed by atoms with Crippen molar-refractivity contribution in [3.63, 3.8) is 0 Å². The molecular formula is C18H25N5O2. The third-order valence-electron chi connectivity index (χ3n) is 4.81. The second-order valence-corrected chi connectivity index (χ2v) is 6.67. The number of aromatic nitrogens is 2. The Morgan fingerprint density at radius 3 is 2.56 bits per heavy atom. The number of amides is 2. The average Bonchev–Trinajstić information content (AvgIpc) is 2.97. The van der Waals surface area contributed by atoms with E-state index in [0.717, 1.165) is 36.6 Å². The molecule has 7 nitrogen and oxygen atoms in total. The van der Waals surface area contributed by atoms with Gasteiger partial charge in [-0.2, -0.15) is 5.10 Å². The Labute approximate surface area is 146 Å². The van der Waals surface area contributed by atoms with Crippen LogP contribution in [-0.4, -0.2) is 40.2 Å². The molecule has 0 bridgehead atoms. The highest BCUT2D eigenvalue weighted by Gasteiger charge is 2.23. The second-order valence-electron chi connectivity index (χ2n) is 6.67. The monoisotopic (exact) mass is 343 g/mol. The molecule has 1 aromatic heterocycles. The van der Waals surface area contributed by atoms with E-state index in [0.29, 0.717) is 18.5 Å². The van der Waals surface area contributed by atoms with Crippen molar-refractivity contribution in [2.75, 3.05) is 6.54 Å². The minimum absolute atomic E-state index is 0.0134. The van der Waals surface area contributed by atoms with Gasteiger partial charge in [-0.05, 0) is 37.8 Å². The summed E-state index contributed by atoms with van der Waals surface area (Å²) < 4.78 is 1.77. The van der Waals surface area contributed by atoms with Crippen LogP contribution in [-0.2, 0) is 11.8 Å². The van der Waals surface area contributed by atoms with Crippen LogP contribution in [0.5, 0.6) is 0 Å². The third-order valence-corrected chi connectivity index (χ3v) is 4.81. The van der Waals surface area contributed by atoms with Crippen molar-refractivity contribution in [3.05, 3.63) is 30.0 Å². The maximum atomic E-state index is 12.5. The lowest BCUT2D eigenvalue weighted by atomic mass is 9.91. The molecule has 0 spiro atoms. The summed E-state index contributed by atoms with van der Waals surface area (Å²) >= 11 is 0. The van der Waals surface area contributed by atoms with Crippen molar-refractivity contribution in [3.8, 4) is 0 Å². The first-order valence-corrected chi connectivity index (χ1v) is 8.79. The van der Waals surface area contributed by atoms with E-state index in [1.807, 2.05) is 25.2 Å². The number of hydrogen-bond donors (Lipinski definition) is 3. The van der Waals surface area contributed by atoms with E-state index >= 15 is 0 Å². The van der Waals surface area contributed by atoms with Crippen LogP contribution in [0.15, 0.2) is 24.4 Å². The van der Waals surface area contributed by atoms with Crippen molar-refractivity contribution >= 4 is 22.7 Å². The number of nitrogens with one attached hydrogen (secondary N) is 2. The molecule has 2 aromatic rings. The first kappa shape index (κ1) is 17.4. The van der Waals surface area contributed by atoms with Crippen LogP contribution < -0.4 is 16.4 Å². The molecule has 3 rings (SSSR count). The Balaban J connectivity index is 1.53. The number of fused-ring (bicyclic) bond motifs is 1. The van der Waals surface area contributed by atoms with Gasteiger partial charge in [-0.15, -0.1) is 0 Å². The summed E-state index contributed by atoms with van der Waals surface area (Å²) in [4.78, 5) is 24.1. The summed E-state index contributed by atoms with van der Waals surface area (Å²) in [6.45, 7) is 0.373. The molecule has 0 aliphatic heterocycles. The fourth-order valence-corrected chi connectivity index (χ4v) is 3.37. The van der Waals surface area contributed by atoms with E-state index in [1.54, 1.807) is 10.9 Å². The van der Waals surface area contributed by atoms with Crippen LogP contribution in [0, 0.1) is 0 Å². The topological polar surface area (TPSA) is 102 Å². The van der Waals surface area contributed by atoms with E-state index in [1.165, 1.54) is 0 Å². The number of hydrogen-bond acceptors (Lipinski definition) is 4. The van der Waals surface area contributed by atoms with E-state index in [4.69, 9.17) is 5.73 Å². The first-order valence-electron chi connectivity index (χ1n) is 8.79. The molecular weight excluding hydrogens is 318 g/mol. The maximum absolute atomic E-state index is 12.5. The largest absolute Gasteiger partial charge is 0.353 e. The molecule has 0 saturated heterocycles. The molecule has 0 atom stereocenters. The van der Waals surface area contributed by atoms with Gasteiger partial charge in [-0.3, -0.25) is 14.3 Å². The highest BCUT2D eigenvalue weighted by Crippen LogP contribution is 2.20. The SMILES string of the molecule is Cn1ncc2ccc(C(=O)N[C@H]3CC[C@H](NC(=O)CCN)CC3)cc21. The van der Waals surface area contributed by atoms with Crippen LogP contribution in [0.4, 0.5) is 0 Å². The van der Waals surface area contributed by atoms with Gasteiger partial charge < -0.3 is 16.4 Å². The fourth-order valence-electron chi connectivity index (χ4n) is 3.37. The zero-order valence-electron chi connectivity index (χ0n) is 14.5. The van der Waals surface area contributed by atoms with Gasteiger partial charge >= 0.3 is 0 Å². The van der Waals surface area contributed by atoms with E-state index in [9.17, 15) is 9.59 Å². The summed E-state index contributed by atoms with van der Waals surface area (Å²) in [6.07, 6.45) is 5.65. The summed E-state index contributed by atoms with van der Waals surface area (Å²) in [6, 6.07) is 5.96. The van der Waals surface area contributed by atoms with Crippen molar-refractivity contribution in [1.82, 2.24) is 20.4 Å².